The minimum absolute atomic E-state index is 0.0759. The van der Waals surface area contributed by atoms with Gasteiger partial charge in [-0.1, -0.05) is 24.3 Å². The lowest BCUT2D eigenvalue weighted by Gasteiger charge is -2.08. The molecule has 0 aliphatic rings. The molecule has 0 saturated carbocycles. The van der Waals surface area contributed by atoms with Gasteiger partial charge >= 0.3 is 5.97 Å². The van der Waals surface area contributed by atoms with Crippen molar-refractivity contribution < 1.29 is 18.7 Å². The van der Waals surface area contributed by atoms with Crippen LogP contribution in [0.25, 0.3) is 0 Å². The van der Waals surface area contributed by atoms with E-state index in [9.17, 15) is 14.0 Å². The molecule has 0 spiro atoms. The van der Waals surface area contributed by atoms with Crippen molar-refractivity contribution in [3.05, 3.63) is 70.5 Å². The molecule has 1 N–H and O–H groups in total. The van der Waals surface area contributed by atoms with Crippen LogP contribution in [-0.4, -0.2) is 18.5 Å². The SMILES string of the molecule is Cc1ccc(CNC(=O)COC(=O)c2cccc(F)c2)cc1C. The second-order valence-corrected chi connectivity index (χ2v) is 5.28. The van der Waals surface area contributed by atoms with Gasteiger partial charge in [-0.2, -0.15) is 0 Å². The molecule has 2 aromatic rings. The number of amides is 1. The lowest BCUT2D eigenvalue weighted by Crippen LogP contribution is -2.28. The highest BCUT2D eigenvalue weighted by molar-refractivity contribution is 5.91. The summed E-state index contributed by atoms with van der Waals surface area (Å²) >= 11 is 0. The molecule has 120 valence electrons. The molecule has 0 heterocycles. The largest absolute Gasteiger partial charge is 0.452 e. The first-order valence-electron chi connectivity index (χ1n) is 7.21. The Morgan fingerprint density at radius 3 is 2.57 bits per heavy atom. The summed E-state index contributed by atoms with van der Waals surface area (Å²) in [7, 11) is 0. The minimum atomic E-state index is -0.731. The predicted molar refractivity (Wildman–Crippen MR) is 84.4 cm³/mol. The van der Waals surface area contributed by atoms with Crippen molar-refractivity contribution in [3.8, 4) is 0 Å². The number of aryl methyl sites for hydroxylation is 2. The van der Waals surface area contributed by atoms with Gasteiger partial charge in [0.2, 0.25) is 0 Å². The monoisotopic (exact) mass is 315 g/mol. The average Bonchev–Trinajstić information content (AvgIpc) is 2.53. The van der Waals surface area contributed by atoms with Crippen LogP contribution in [0.15, 0.2) is 42.5 Å². The third kappa shape index (κ3) is 4.92. The first-order valence-corrected chi connectivity index (χ1v) is 7.21. The van der Waals surface area contributed by atoms with Crippen molar-refractivity contribution in [1.82, 2.24) is 5.32 Å². The van der Waals surface area contributed by atoms with Crippen LogP contribution in [0.1, 0.15) is 27.0 Å². The van der Waals surface area contributed by atoms with Crippen LogP contribution in [0.2, 0.25) is 0 Å². The van der Waals surface area contributed by atoms with E-state index in [1.54, 1.807) is 0 Å². The number of carbonyl (C=O) groups excluding carboxylic acids is 2. The maximum absolute atomic E-state index is 13.0. The number of hydrogen-bond donors (Lipinski definition) is 1. The Morgan fingerprint density at radius 2 is 1.87 bits per heavy atom. The molecule has 0 bridgehead atoms. The Balaban J connectivity index is 1.81. The highest BCUT2D eigenvalue weighted by Crippen LogP contribution is 2.09. The maximum atomic E-state index is 13.0. The van der Waals surface area contributed by atoms with Gasteiger partial charge < -0.3 is 10.1 Å². The van der Waals surface area contributed by atoms with Gasteiger partial charge in [-0.15, -0.1) is 0 Å². The Labute approximate surface area is 134 Å². The molecular weight excluding hydrogens is 297 g/mol. The van der Waals surface area contributed by atoms with Crippen molar-refractivity contribution in [3.63, 3.8) is 0 Å². The van der Waals surface area contributed by atoms with E-state index in [2.05, 4.69) is 5.32 Å². The fraction of sp³-hybridized carbons (Fsp3) is 0.222. The number of carbonyl (C=O) groups is 2. The van der Waals surface area contributed by atoms with E-state index in [0.29, 0.717) is 6.54 Å². The van der Waals surface area contributed by atoms with Crippen LogP contribution in [-0.2, 0) is 16.1 Å². The number of nitrogens with one attached hydrogen (secondary N) is 1. The van der Waals surface area contributed by atoms with Crippen LogP contribution in [0, 0.1) is 19.7 Å². The van der Waals surface area contributed by atoms with Crippen LogP contribution >= 0.6 is 0 Å². The predicted octanol–water partition coefficient (Wildman–Crippen LogP) is 2.92. The fourth-order valence-electron chi connectivity index (χ4n) is 2.00. The van der Waals surface area contributed by atoms with Crippen LogP contribution in [0.5, 0.6) is 0 Å². The van der Waals surface area contributed by atoms with E-state index in [-0.39, 0.29) is 5.56 Å². The summed E-state index contributed by atoms with van der Waals surface area (Å²) in [5.41, 5.74) is 3.38. The van der Waals surface area contributed by atoms with Gasteiger partial charge in [-0.05, 0) is 48.7 Å². The number of rotatable bonds is 5. The van der Waals surface area contributed by atoms with E-state index in [4.69, 9.17) is 4.74 Å². The van der Waals surface area contributed by atoms with E-state index in [1.165, 1.54) is 23.8 Å². The zero-order chi connectivity index (χ0) is 16.8. The Morgan fingerprint density at radius 1 is 1.09 bits per heavy atom. The summed E-state index contributed by atoms with van der Waals surface area (Å²) in [5, 5.41) is 2.67. The second-order valence-electron chi connectivity index (χ2n) is 5.28. The average molecular weight is 315 g/mol. The van der Waals surface area contributed by atoms with Crippen LogP contribution < -0.4 is 5.32 Å². The molecule has 2 aromatic carbocycles. The summed E-state index contributed by atoms with van der Waals surface area (Å²) in [5.74, 6) is -1.67. The lowest BCUT2D eigenvalue weighted by atomic mass is 10.1. The molecule has 23 heavy (non-hydrogen) atoms. The van der Waals surface area contributed by atoms with E-state index < -0.39 is 24.3 Å². The lowest BCUT2D eigenvalue weighted by molar-refractivity contribution is -0.124. The van der Waals surface area contributed by atoms with Crippen molar-refractivity contribution in [1.29, 1.82) is 0 Å². The fourth-order valence-corrected chi connectivity index (χ4v) is 2.00. The van der Waals surface area contributed by atoms with Gasteiger partial charge in [0.15, 0.2) is 6.61 Å². The van der Waals surface area contributed by atoms with Crippen molar-refractivity contribution >= 4 is 11.9 Å². The van der Waals surface area contributed by atoms with E-state index in [0.717, 1.165) is 17.2 Å². The molecule has 0 unspecified atom stereocenters. The highest BCUT2D eigenvalue weighted by atomic mass is 19.1. The Kier molecular flexibility index (Phi) is 5.46. The third-order valence-corrected chi connectivity index (χ3v) is 3.46. The summed E-state index contributed by atoms with van der Waals surface area (Å²) in [6.45, 7) is 3.97. The molecule has 0 atom stereocenters. The Hall–Kier alpha value is -2.69. The molecule has 0 aliphatic carbocycles. The molecule has 0 aliphatic heterocycles. The standard InChI is InChI=1S/C18H18FNO3/c1-12-6-7-14(8-13(12)2)10-20-17(21)11-23-18(22)15-4-3-5-16(19)9-15/h3-9H,10-11H2,1-2H3,(H,20,21). The van der Waals surface area contributed by atoms with E-state index >= 15 is 0 Å². The van der Waals surface area contributed by atoms with Gasteiger partial charge in [-0.25, -0.2) is 9.18 Å². The summed E-state index contributed by atoms with van der Waals surface area (Å²) in [6.07, 6.45) is 0. The molecule has 1 amide bonds. The number of ether oxygens (including phenoxy) is 1. The zero-order valence-electron chi connectivity index (χ0n) is 13.1. The van der Waals surface area contributed by atoms with Crippen molar-refractivity contribution in [2.24, 2.45) is 0 Å². The van der Waals surface area contributed by atoms with Gasteiger partial charge in [0.05, 0.1) is 5.56 Å². The molecule has 0 fully saturated rings. The number of halogens is 1. The topological polar surface area (TPSA) is 55.4 Å². The van der Waals surface area contributed by atoms with Crippen molar-refractivity contribution in [2.75, 3.05) is 6.61 Å². The van der Waals surface area contributed by atoms with Crippen molar-refractivity contribution in [2.45, 2.75) is 20.4 Å². The summed E-state index contributed by atoms with van der Waals surface area (Å²) in [6, 6.07) is 11.0. The zero-order valence-corrected chi connectivity index (χ0v) is 13.1. The molecule has 0 saturated heterocycles. The van der Waals surface area contributed by atoms with Gasteiger partial charge in [0.1, 0.15) is 5.82 Å². The van der Waals surface area contributed by atoms with E-state index in [1.807, 2.05) is 32.0 Å². The minimum Gasteiger partial charge on any atom is -0.452 e. The van der Waals surface area contributed by atoms with Gasteiger partial charge in [0.25, 0.3) is 5.91 Å². The summed E-state index contributed by atoms with van der Waals surface area (Å²) in [4.78, 5) is 23.4. The number of benzene rings is 2. The first kappa shape index (κ1) is 16.7. The Bertz CT molecular complexity index is 728. The normalized spacial score (nSPS) is 10.2. The van der Waals surface area contributed by atoms with Gasteiger partial charge in [-0.3, -0.25) is 4.79 Å². The molecule has 2 rings (SSSR count). The molecule has 4 nitrogen and oxygen atoms in total. The smallest absolute Gasteiger partial charge is 0.338 e. The van der Waals surface area contributed by atoms with Gasteiger partial charge in [0, 0.05) is 6.54 Å². The summed E-state index contributed by atoms with van der Waals surface area (Å²) < 4.78 is 17.9. The number of esters is 1. The quantitative estimate of drug-likeness (QED) is 0.863. The molecular formula is C18H18FNO3. The van der Waals surface area contributed by atoms with Crippen LogP contribution in [0.3, 0.4) is 0 Å². The first-order chi connectivity index (χ1) is 11.0. The number of hydrogen-bond acceptors (Lipinski definition) is 3. The molecule has 5 heteroatoms. The third-order valence-electron chi connectivity index (χ3n) is 3.46. The molecule has 0 aromatic heterocycles. The maximum Gasteiger partial charge on any atom is 0.338 e. The molecule has 0 radical (unpaired) electrons. The van der Waals surface area contributed by atoms with Crippen LogP contribution in [0.4, 0.5) is 4.39 Å². The second kappa shape index (κ2) is 7.54. The highest BCUT2D eigenvalue weighted by Gasteiger charge is 2.10.